The van der Waals surface area contributed by atoms with Gasteiger partial charge in [-0.3, -0.25) is 4.79 Å². The Hall–Kier alpha value is -4.19. The van der Waals surface area contributed by atoms with E-state index in [1.54, 1.807) is 0 Å². The van der Waals surface area contributed by atoms with Crippen molar-refractivity contribution in [1.82, 2.24) is 4.90 Å². The van der Waals surface area contributed by atoms with Gasteiger partial charge < -0.3 is 14.4 Å². The van der Waals surface area contributed by atoms with Crippen molar-refractivity contribution >= 4 is 17.8 Å². The smallest absolute Gasteiger partial charge is 0.331 e. The van der Waals surface area contributed by atoms with Crippen LogP contribution in [-0.4, -0.2) is 42.4 Å². The summed E-state index contributed by atoms with van der Waals surface area (Å²) in [4.78, 5) is 40.5. The lowest BCUT2D eigenvalue weighted by molar-refractivity contribution is -0.151. The lowest BCUT2D eigenvalue weighted by atomic mass is 9.90. The molecule has 178 valence electrons. The normalized spacial score (nSPS) is 16.3. The van der Waals surface area contributed by atoms with Crippen molar-refractivity contribution in [2.24, 2.45) is 0 Å². The summed E-state index contributed by atoms with van der Waals surface area (Å²) >= 11 is 0. The third-order valence-corrected chi connectivity index (χ3v) is 6.02. The monoisotopic (exact) mass is 469 g/mol. The molecule has 1 unspecified atom stereocenters. The Balaban J connectivity index is 1.57. The molecule has 0 radical (unpaired) electrons. The zero-order chi connectivity index (χ0) is 24.6. The number of esters is 2. The minimum absolute atomic E-state index is 0.148. The number of carbonyl (C=O) groups excluding carboxylic acids is 3. The van der Waals surface area contributed by atoms with Gasteiger partial charge in [0.25, 0.3) is 0 Å². The van der Waals surface area contributed by atoms with Crippen LogP contribution in [0, 0.1) is 0 Å². The molecule has 0 spiro atoms. The number of ether oxygens (including phenoxy) is 2. The van der Waals surface area contributed by atoms with Crippen LogP contribution in [0.2, 0.25) is 0 Å². The van der Waals surface area contributed by atoms with E-state index < -0.39 is 23.9 Å². The van der Waals surface area contributed by atoms with E-state index >= 15 is 0 Å². The van der Waals surface area contributed by atoms with Crippen LogP contribution in [0.4, 0.5) is 0 Å². The van der Waals surface area contributed by atoms with Crippen molar-refractivity contribution in [3.63, 3.8) is 0 Å². The maximum absolute atomic E-state index is 13.9. The Kier molecular flexibility index (Phi) is 7.73. The second-order valence-corrected chi connectivity index (χ2v) is 8.36. The molecule has 6 heteroatoms. The summed E-state index contributed by atoms with van der Waals surface area (Å²) in [5.74, 6) is -1.84. The quantitative estimate of drug-likeness (QED) is 0.382. The van der Waals surface area contributed by atoms with Crippen LogP contribution in [-0.2, 0) is 30.5 Å². The first kappa shape index (κ1) is 24.0. The number of benzene rings is 3. The average molecular weight is 470 g/mol. The van der Waals surface area contributed by atoms with E-state index in [0.29, 0.717) is 5.57 Å². The first-order valence-corrected chi connectivity index (χ1v) is 11.4. The topological polar surface area (TPSA) is 72.9 Å². The van der Waals surface area contributed by atoms with Gasteiger partial charge in [0.05, 0.1) is 13.0 Å². The molecule has 0 saturated carbocycles. The van der Waals surface area contributed by atoms with Gasteiger partial charge in [0, 0.05) is 19.0 Å². The summed E-state index contributed by atoms with van der Waals surface area (Å²) in [5.41, 5.74) is 3.18. The fraction of sp³-hybridized carbons (Fsp3) is 0.207. The summed E-state index contributed by atoms with van der Waals surface area (Å²) in [6, 6.07) is 27.5. The van der Waals surface area contributed by atoms with Gasteiger partial charge in [-0.15, -0.1) is 0 Å². The molecule has 1 amide bonds. The predicted octanol–water partition coefficient (Wildman–Crippen LogP) is 4.26. The van der Waals surface area contributed by atoms with Crippen LogP contribution in [0.25, 0.3) is 0 Å². The molecule has 3 aromatic rings. The van der Waals surface area contributed by atoms with Crippen LogP contribution in [0.1, 0.15) is 29.0 Å². The van der Waals surface area contributed by atoms with Crippen LogP contribution in [0.15, 0.2) is 103 Å². The molecule has 1 atom stereocenters. The lowest BCUT2D eigenvalue weighted by Gasteiger charge is -2.27. The summed E-state index contributed by atoms with van der Waals surface area (Å²) in [5, 5.41) is 0. The highest BCUT2D eigenvalue weighted by Gasteiger charge is 2.41. The van der Waals surface area contributed by atoms with E-state index in [9.17, 15) is 14.4 Å². The minimum atomic E-state index is -0.810. The van der Waals surface area contributed by atoms with Crippen LogP contribution in [0.5, 0.6) is 0 Å². The van der Waals surface area contributed by atoms with Crippen LogP contribution in [0.3, 0.4) is 0 Å². The van der Waals surface area contributed by atoms with Gasteiger partial charge in [-0.1, -0.05) is 91.0 Å². The highest BCUT2D eigenvalue weighted by Crippen LogP contribution is 2.32. The molecule has 0 N–H and O–H groups in total. The van der Waals surface area contributed by atoms with Gasteiger partial charge in [-0.2, -0.15) is 0 Å². The highest BCUT2D eigenvalue weighted by atomic mass is 16.5. The second-order valence-electron chi connectivity index (χ2n) is 8.36. The molecule has 0 bridgehead atoms. The third kappa shape index (κ3) is 5.84. The third-order valence-electron chi connectivity index (χ3n) is 6.02. The number of rotatable bonds is 7. The molecular weight excluding hydrogens is 442 g/mol. The number of carbonyl (C=O) groups is 3. The van der Waals surface area contributed by atoms with E-state index in [4.69, 9.17) is 9.47 Å². The van der Waals surface area contributed by atoms with Crippen molar-refractivity contribution in [3.8, 4) is 0 Å². The summed E-state index contributed by atoms with van der Waals surface area (Å²) in [6.45, 7) is 0.297. The predicted molar refractivity (Wildman–Crippen MR) is 131 cm³/mol. The maximum atomic E-state index is 13.9. The highest BCUT2D eigenvalue weighted by molar-refractivity contribution is 5.93. The first-order valence-electron chi connectivity index (χ1n) is 11.4. The molecule has 4 rings (SSSR count). The number of likely N-dealkylation sites (tertiary alicyclic amines) is 1. The Morgan fingerprint density at radius 3 is 1.97 bits per heavy atom. The maximum Gasteiger partial charge on any atom is 0.331 e. The molecule has 0 aliphatic carbocycles. The van der Waals surface area contributed by atoms with Crippen LogP contribution < -0.4 is 0 Å². The number of hydrogen-bond donors (Lipinski definition) is 0. The van der Waals surface area contributed by atoms with Gasteiger partial charge in [0.2, 0.25) is 5.91 Å². The molecule has 1 fully saturated rings. The van der Waals surface area contributed by atoms with E-state index in [2.05, 4.69) is 0 Å². The van der Waals surface area contributed by atoms with Crippen molar-refractivity contribution in [2.45, 2.75) is 25.0 Å². The van der Waals surface area contributed by atoms with Gasteiger partial charge in [-0.05, 0) is 22.3 Å². The van der Waals surface area contributed by atoms with E-state index in [0.717, 1.165) is 16.7 Å². The summed E-state index contributed by atoms with van der Waals surface area (Å²) in [7, 11) is 1.30. The van der Waals surface area contributed by atoms with Crippen molar-refractivity contribution in [2.75, 3.05) is 13.7 Å². The Bertz CT molecular complexity index is 1150. The molecule has 1 aliphatic heterocycles. The zero-order valence-electron chi connectivity index (χ0n) is 19.5. The Labute approximate surface area is 204 Å². The SMILES string of the molecule is COC(=O)C1CC(=CC(=O)OCc2ccccc2)CN1C(=O)C(c1ccccc1)c1ccccc1. The molecule has 1 aliphatic rings. The van der Waals surface area contributed by atoms with Gasteiger partial charge in [0.1, 0.15) is 12.6 Å². The molecule has 0 aromatic heterocycles. The second kappa shape index (κ2) is 11.3. The Morgan fingerprint density at radius 2 is 1.43 bits per heavy atom. The van der Waals surface area contributed by atoms with Gasteiger partial charge >= 0.3 is 11.9 Å². The number of amides is 1. The molecule has 3 aromatic carbocycles. The van der Waals surface area contributed by atoms with E-state index in [1.165, 1.54) is 18.1 Å². The molecule has 6 nitrogen and oxygen atoms in total. The largest absolute Gasteiger partial charge is 0.467 e. The molecule has 1 heterocycles. The molecular formula is C29H27NO5. The summed E-state index contributed by atoms with van der Waals surface area (Å²) in [6.07, 6.45) is 1.60. The summed E-state index contributed by atoms with van der Waals surface area (Å²) < 4.78 is 10.3. The lowest BCUT2D eigenvalue weighted by Crippen LogP contribution is -2.43. The number of methoxy groups -OCH3 is 1. The average Bonchev–Trinajstić information content (AvgIpc) is 3.32. The van der Waals surface area contributed by atoms with Gasteiger partial charge in [-0.25, -0.2) is 9.59 Å². The fourth-order valence-electron chi connectivity index (χ4n) is 4.31. The number of hydrogen-bond acceptors (Lipinski definition) is 5. The van der Waals surface area contributed by atoms with Crippen molar-refractivity contribution < 1.29 is 23.9 Å². The van der Waals surface area contributed by atoms with E-state index in [-0.39, 0.29) is 25.5 Å². The Morgan fingerprint density at radius 1 is 0.886 bits per heavy atom. The van der Waals surface area contributed by atoms with Crippen molar-refractivity contribution in [3.05, 3.63) is 119 Å². The standard InChI is InChI=1S/C29H27NO5/c1-34-29(33)25-17-22(18-26(31)35-20-21-11-5-2-6-12-21)19-30(25)28(32)27(23-13-7-3-8-14-23)24-15-9-4-10-16-24/h2-16,18,25,27H,17,19-20H2,1H3. The van der Waals surface area contributed by atoms with E-state index in [1.807, 2.05) is 91.0 Å². The molecule has 1 saturated heterocycles. The first-order chi connectivity index (χ1) is 17.1. The number of nitrogens with zero attached hydrogens (tertiary/aromatic N) is 1. The molecule has 35 heavy (non-hydrogen) atoms. The minimum Gasteiger partial charge on any atom is -0.467 e. The van der Waals surface area contributed by atoms with Gasteiger partial charge in [0.15, 0.2) is 0 Å². The van der Waals surface area contributed by atoms with Crippen LogP contribution >= 0.6 is 0 Å². The van der Waals surface area contributed by atoms with Crippen molar-refractivity contribution in [1.29, 1.82) is 0 Å². The zero-order valence-corrected chi connectivity index (χ0v) is 19.5. The fourth-order valence-corrected chi connectivity index (χ4v) is 4.31.